The van der Waals surface area contributed by atoms with Crippen LogP contribution >= 0.6 is 0 Å². The lowest BCUT2D eigenvalue weighted by Crippen LogP contribution is -2.12. The first-order valence-electron chi connectivity index (χ1n) is 10.8. The van der Waals surface area contributed by atoms with Gasteiger partial charge in [-0.15, -0.1) is 0 Å². The largest absolute Gasteiger partial charge is 0.490 e. The molecule has 168 valence electrons. The fraction of sp³-hybridized carbons (Fsp3) is 0.192. The first-order valence-corrected chi connectivity index (χ1v) is 10.8. The number of rotatable bonds is 9. The summed E-state index contributed by atoms with van der Waals surface area (Å²) in [6.07, 6.45) is 7.21. The Bertz CT molecular complexity index is 1200. The highest BCUT2D eigenvalue weighted by Crippen LogP contribution is 2.29. The van der Waals surface area contributed by atoms with Gasteiger partial charge in [0, 0.05) is 48.1 Å². The number of pyridine rings is 1. The number of imidazole rings is 1. The Labute approximate surface area is 193 Å². The number of aromatic nitrogens is 3. The normalized spacial score (nSPS) is 10.6. The SMILES string of the molecule is CCOc1cc(C(=O)Nc2ccc(Cn3ccnc3C)cc2)ccc1OCc1cccnc1. The number of carbonyl (C=O) groups excluding carboxylic acids is 1. The number of benzene rings is 2. The van der Waals surface area contributed by atoms with Gasteiger partial charge in [-0.3, -0.25) is 9.78 Å². The topological polar surface area (TPSA) is 78.3 Å². The van der Waals surface area contributed by atoms with Crippen LogP contribution in [0.25, 0.3) is 0 Å². The molecule has 2 aromatic heterocycles. The molecular formula is C26H26N4O3. The number of aryl methyl sites for hydroxylation is 1. The van der Waals surface area contributed by atoms with E-state index < -0.39 is 0 Å². The van der Waals surface area contributed by atoms with Crippen molar-refractivity contribution in [3.63, 3.8) is 0 Å². The Morgan fingerprint density at radius 1 is 1.00 bits per heavy atom. The van der Waals surface area contributed by atoms with Crippen LogP contribution in [0.4, 0.5) is 5.69 Å². The van der Waals surface area contributed by atoms with Crippen LogP contribution in [0.3, 0.4) is 0 Å². The van der Waals surface area contributed by atoms with Crippen LogP contribution in [0.15, 0.2) is 79.4 Å². The number of nitrogens with zero attached hydrogens (tertiary/aromatic N) is 3. The third-order valence-corrected chi connectivity index (χ3v) is 5.11. The Morgan fingerprint density at radius 2 is 1.85 bits per heavy atom. The third kappa shape index (κ3) is 5.77. The molecule has 2 aromatic carbocycles. The van der Waals surface area contributed by atoms with Crippen molar-refractivity contribution in [2.24, 2.45) is 0 Å². The number of hydrogen-bond acceptors (Lipinski definition) is 5. The summed E-state index contributed by atoms with van der Waals surface area (Å²) in [4.78, 5) is 21.2. The molecule has 0 radical (unpaired) electrons. The van der Waals surface area contributed by atoms with Crippen molar-refractivity contribution in [3.05, 3.63) is 102 Å². The van der Waals surface area contributed by atoms with E-state index in [1.54, 1.807) is 36.8 Å². The van der Waals surface area contributed by atoms with Gasteiger partial charge in [0.15, 0.2) is 11.5 Å². The van der Waals surface area contributed by atoms with Gasteiger partial charge in [0.2, 0.25) is 0 Å². The zero-order valence-electron chi connectivity index (χ0n) is 18.7. The highest BCUT2D eigenvalue weighted by Gasteiger charge is 2.13. The molecule has 4 aromatic rings. The van der Waals surface area contributed by atoms with Crippen LogP contribution in [0.5, 0.6) is 11.5 Å². The lowest BCUT2D eigenvalue weighted by molar-refractivity contribution is 0.102. The van der Waals surface area contributed by atoms with E-state index in [4.69, 9.17) is 9.47 Å². The predicted molar refractivity (Wildman–Crippen MR) is 127 cm³/mol. The maximum absolute atomic E-state index is 12.8. The molecule has 1 N–H and O–H groups in total. The van der Waals surface area contributed by atoms with Gasteiger partial charge in [0.05, 0.1) is 6.61 Å². The molecule has 33 heavy (non-hydrogen) atoms. The van der Waals surface area contributed by atoms with E-state index in [-0.39, 0.29) is 5.91 Å². The van der Waals surface area contributed by atoms with E-state index in [1.165, 1.54) is 0 Å². The second-order valence-corrected chi connectivity index (χ2v) is 7.50. The Morgan fingerprint density at radius 3 is 2.55 bits per heavy atom. The van der Waals surface area contributed by atoms with Crippen molar-refractivity contribution >= 4 is 11.6 Å². The monoisotopic (exact) mass is 442 g/mol. The molecule has 0 saturated heterocycles. The lowest BCUT2D eigenvalue weighted by Gasteiger charge is -2.14. The highest BCUT2D eigenvalue weighted by molar-refractivity contribution is 6.04. The molecule has 0 saturated carbocycles. The molecule has 0 atom stereocenters. The Hall–Kier alpha value is -4.13. The van der Waals surface area contributed by atoms with E-state index in [0.717, 1.165) is 29.2 Å². The van der Waals surface area contributed by atoms with Crippen LogP contribution in [-0.4, -0.2) is 27.0 Å². The molecule has 1 amide bonds. The van der Waals surface area contributed by atoms with Gasteiger partial charge in [-0.25, -0.2) is 4.98 Å². The van der Waals surface area contributed by atoms with Crippen LogP contribution < -0.4 is 14.8 Å². The fourth-order valence-electron chi connectivity index (χ4n) is 3.35. The van der Waals surface area contributed by atoms with Gasteiger partial charge in [0.25, 0.3) is 5.91 Å². The molecule has 0 unspecified atom stereocenters. The van der Waals surface area contributed by atoms with E-state index in [2.05, 4.69) is 19.9 Å². The summed E-state index contributed by atoms with van der Waals surface area (Å²) in [5, 5.41) is 2.94. The van der Waals surface area contributed by atoms with Crippen molar-refractivity contribution in [2.45, 2.75) is 27.0 Å². The highest BCUT2D eigenvalue weighted by atomic mass is 16.5. The second-order valence-electron chi connectivity index (χ2n) is 7.50. The molecule has 7 nitrogen and oxygen atoms in total. The number of anilines is 1. The van der Waals surface area contributed by atoms with E-state index >= 15 is 0 Å². The summed E-state index contributed by atoms with van der Waals surface area (Å²) in [5.74, 6) is 1.86. The number of amides is 1. The van der Waals surface area contributed by atoms with Crippen LogP contribution in [0.1, 0.15) is 34.2 Å². The van der Waals surface area contributed by atoms with Crippen LogP contribution in [-0.2, 0) is 13.2 Å². The summed E-state index contributed by atoms with van der Waals surface area (Å²) >= 11 is 0. The number of hydrogen-bond donors (Lipinski definition) is 1. The fourth-order valence-corrected chi connectivity index (χ4v) is 3.35. The summed E-state index contributed by atoms with van der Waals surface area (Å²) in [5.41, 5.74) is 3.29. The molecule has 7 heteroatoms. The number of nitrogens with one attached hydrogen (secondary N) is 1. The summed E-state index contributed by atoms with van der Waals surface area (Å²) in [7, 11) is 0. The predicted octanol–water partition coefficient (Wildman–Crippen LogP) is 4.86. The lowest BCUT2D eigenvalue weighted by atomic mass is 10.1. The maximum atomic E-state index is 12.8. The number of carbonyl (C=O) groups is 1. The van der Waals surface area contributed by atoms with Crippen molar-refractivity contribution in [2.75, 3.05) is 11.9 Å². The van der Waals surface area contributed by atoms with E-state index in [1.807, 2.05) is 56.4 Å². The second kappa shape index (κ2) is 10.5. The Balaban J connectivity index is 1.41. The molecule has 0 bridgehead atoms. The van der Waals surface area contributed by atoms with Gasteiger partial charge in [-0.05, 0) is 55.8 Å². The minimum Gasteiger partial charge on any atom is -0.490 e. The molecule has 4 rings (SSSR count). The molecule has 0 aliphatic carbocycles. The minimum atomic E-state index is -0.215. The molecule has 2 heterocycles. The molecule has 0 aliphatic heterocycles. The summed E-state index contributed by atoms with van der Waals surface area (Å²) in [6, 6.07) is 16.8. The smallest absolute Gasteiger partial charge is 0.255 e. The van der Waals surface area contributed by atoms with Crippen molar-refractivity contribution in [1.82, 2.24) is 14.5 Å². The standard InChI is InChI=1S/C26H26N4O3/c1-3-32-25-15-22(8-11-24(25)33-18-21-5-4-12-27-16-21)26(31)29-23-9-6-20(7-10-23)17-30-14-13-28-19(30)2/h4-16H,3,17-18H2,1-2H3,(H,29,31). The summed E-state index contributed by atoms with van der Waals surface area (Å²) in [6.45, 7) is 5.43. The molecular weight excluding hydrogens is 416 g/mol. The minimum absolute atomic E-state index is 0.215. The molecule has 0 fully saturated rings. The average Bonchev–Trinajstić information content (AvgIpc) is 3.24. The van der Waals surface area contributed by atoms with Gasteiger partial charge < -0.3 is 19.4 Å². The van der Waals surface area contributed by atoms with Crippen molar-refractivity contribution < 1.29 is 14.3 Å². The number of ether oxygens (including phenoxy) is 2. The molecule has 0 spiro atoms. The van der Waals surface area contributed by atoms with Crippen molar-refractivity contribution in [3.8, 4) is 11.5 Å². The quantitative estimate of drug-likeness (QED) is 0.400. The third-order valence-electron chi connectivity index (χ3n) is 5.11. The zero-order valence-corrected chi connectivity index (χ0v) is 18.7. The summed E-state index contributed by atoms with van der Waals surface area (Å²) < 4.78 is 13.7. The molecule has 0 aliphatic rings. The first kappa shape index (κ1) is 22.1. The van der Waals surface area contributed by atoms with Gasteiger partial charge >= 0.3 is 0 Å². The van der Waals surface area contributed by atoms with Crippen LogP contribution in [0.2, 0.25) is 0 Å². The zero-order chi connectivity index (χ0) is 23.0. The van der Waals surface area contributed by atoms with Crippen molar-refractivity contribution in [1.29, 1.82) is 0 Å². The van der Waals surface area contributed by atoms with E-state index in [9.17, 15) is 4.79 Å². The van der Waals surface area contributed by atoms with Crippen LogP contribution in [0, 0.1) is 6.92 Å². The maximum Gasteiger partial charge on any atom is 0.255 e. The Kier molecular flexibility index (Phi) is 6.99. The van der Waals surface area contributed by atoms with E-state index in [0.29, 0.717) is 30.3 Å². The van der Waals surface area contributed by atoms with Gasteiger partial charge in [0.1, 0.15) is 12.4 Å². The average molecular weight is 443 g/mol. The van der Waals surface area contributed by atoms with Gasteiger partial charge in [-0.2, -0.15) is 0 Å². The first-order chi connectivity index (χ1) is 16.1. The van der Waals surface area contributed by atoms with Gasteiger partial charge in [-0.1, -0.05) is 18.2 Å².